The van der Waals surface area contributed by atoms with Gasteiger partial charge in [-0.15, -0.1) is 0 Å². The van der Waals surface area contributed by atoms with Gasteiger partial charge >= 0.3 is 0 Å². The highest BCUT2D eigenvalue weighted by Crippen LogP contribution is 2.09. The molecule has 4 N–H and O–H groups in total. The summed E-state index contributed by atoms with van der Waals surface area (Å²) in [5, 5.41) is 5.24. The summed E-state index contributed by atoms with van der Waals surface area (Å²) in [5.74, 6) is -0.454. The summed E-state index contributed by atoms with van der Waals surface area (Å²) in [6, 6.07) is 0. The molecule has 0 aromatic carbocycles. The van der Waals surface area contributed by atoms with Crippen molar-refractivity contribution in [2.45, 2.75) is 38.5 Å². The molecule has 1 rings (SSSR count). The lowest BCUT2D eigenvalue weighted by Crippen LogP contribution is -2.39. The molecular formula is C14H28N4O2. The molecule has 6 nitrogen and oxygen atoms in total. The van der Waals surface area contributed by atoms with Gasteiger partial charge in [0.1, 0.15) is 0 Å². The minimum absolute atomic E-state index is 0.0177. The van der Waals surface area contributed by atoms with Crippen LogP contribution < -0.4 is 16.4 Å². The first-order chi connectivity index (χ1) is 9.72. The molecule has 116 valence electrons. The summed E-state index contributed by atoms with van der Waals surface area (Å²) in [6.45, 7) is 4.29. The summed E-state index contributed by atoms with van der Waals surface area (Å²) < 4.78 is 0. The normalized spacial score (nSPS) is 15.8. The third-order valence-electron chi connectivity index (χ3n) is 3.55. The van der Waals surface area contributed by atoms with Crippen molar-refractivity contribution in [2.24, 2.45) is 5.73 Å². The van der Waals surface area contributed by atoms with Gasteiger partial charge < -0.3 is 21.3 Å². The fourth-order valence-electron chi connectivity index (χ4n) is 2.36. The summed E-state index contributed by atoms with van der Waals surface area (Å²) in [5.41, 5.74) is 5.13. The van der Waals surface area contributed by atoms with E-state index in [1.54, 1.807) is 0 Å². The number of nitrogens with two attached hydrogens (primary N) is 1. The second kappa shape index (κ2) is 10.6. The van der Waals surface area contributed by atoms with E-state index in [-0.39, 0.29) is 24.9 Å². The number of piperidine rings is 1. The van der Waals surface area contributed by atoms with Crippen LogP contribution in [0.1, 0.15) is 38.5 Å². The first kappa shape index (κ1) is 16.9. The molecule has 0 atom stereocenters. The second-order valence-electron chi connectivity index (χ2n) is 5.29. The fourth-order valence-corrected chi connectivity index (χ4v) is 2.36. The molecule has 0 spiro atoms. The Kier molecular flexibility index (Phi) is 8.98. The van der Waals surface area contributed by atoms with Crippen molar-refractivity contribution in [1.29, 1.82) is 0 Å². The van der Waals surface area contributed by atoms with E-state index in [0.717, 1.165) is 12.8 Å². The number of unbranched alkanes of at least 4 members (excludes halogenated alkanes) is 2. The summed E-state index contributed by atoms with van der Waals surface area (Å²) in [6.07, 6.45) is 7.37. The molecular weight excluding hydrogens is 256 g/mol. The molecule has 1 fully saturated rings. The predicted octanol–water partition coefficient (Wildman–Crippen LogP) is -0.166. The highest BCUT2D eigenvalue weighted by Gasteiger charge is 2.08. The highest BCUT2D eigenvalue weighted by atomic mass is 16.2. The van der Waals surface area contributed by atoms with Crippen LogP contribution in [-0.2, 0) is 9.59 Å². The van der Waals surface area contributed by atoms with Gasteiger partial charge in [0, 0.05) is 6.54 Å². The second-order valence-corrected chi connectivity index (χ2v) is 5.29. The van der Waals surface area contributed by atoms with E-state index in [0.29, 0.717) is 6.54 Å². The minimum Gasteiger partial charge on any atom is -0.355 e. The number of hydrogen-bond donors (Lipinski definition) is 3. The van der Waals surface area contributed by atoms with Crippen molar-refractivity contribution in [3.8, 4) is 0 Å². The molecule has 1 aliphatic rings. The average molecular weight is 284 g/mol. The Morgan fingerprint density at radius 1 is 0.950 bits per heavy atom. The molecule has 0 aliphatic carbocycles. The van der Waals surface area contributed by atoms with Crippen molar-refractivity contribution < 1.29 is 9.59 Å². The first-order valence-electron chi connectivity index (χ1n) is 7.68. The molecule has 0 bridgehead atoms. The topological polar surface area (TPSA) is 87.5 Å². The SMILES string of the molecule is NCC(=O)NCC(=O)NCCCCCN1CCCCC1. The third kappa shape index (κ3) is 8.12. The number of nitrogens with zero attached hydrogens (tertiary/aromatic N) is 1. The van der Waals surface area contributed by atoms with Gasteiger partial charge in [0.25, 0.3) is 0 Å². The third-order valence-corrected chi connectivity index (χ3v) is 3.55. The molecule has 0 saturated carbocycles. The Bertz CT molecular complexity index is 291. The van der Waals surface area contributed by atoms with Gasteiger partial charge in [-0.3, -0.25) is 9.59 Å². The van der Waals surface area contributed by atoms with Gasteiger partial charge in [-0.25, -0.2) is 0 Å². The predicted molar refractivity (Wildman–Crippen MR) is 79.2 cm³/mol. The molecule has 2 amide bonds. The van der Waals surface area contributed by atoms with Crippen LogP contribution in [0.3, 0.4) is 0 Å². The maximum absolute atomic E-state index is 11.4. The number of hydrogen-bond acceptors (Lipinski definition) is 4. The lowest BCUT2D eigenvalue weighted by molar-refractivity contribution is -0.125. The van der Waals surface area contributed by atoms with E-state index in [4.69, 9.17) is 5.73 Å². The molecule has 1 aliphatic heterocycles. The van der Waals surface area contributed by atoms with Crippen LogP contribution in [-0.4, -0.2) is 56.0 Å². The maximum atomic E-state index is 11.4. The lowest BCUT2D eigenvalue weighted by Gasteiger charge is -2.26. The quantitative estimate of drug-likeness (QED) is 0.513. The van der Waals surface area contributed by atoms with Gasteiger partial charge in [0.2, 0.25) is 11.8 Å². The monoisotopic (exact) mass is 284 g/mol. The van der Waals surface area contributed by atoms with Crippen LogP contribution in [0.2, 0.25) is 0 Å². The Morgan fingerprint density at radius 2 is 1.70 bits per heavy atom. The Balaban J connectivity index is 1.88. The zero-order valence-corrected chi connectivity index (χ0v) is 12.3. The van der Waals surface area contributed by atoms with Crippen molar-refractivity contribution in [3.05, 3.63) is 0 Å². The highest BCUT2D eigenvalue weighted by molar-refractivity contribution is 5.85. The van der Waals surface area contributed by atoms with Crippen molar-refractivity contribution in [3.63, 3.8) is 0 Å². The van der Waals surface area contributed by atoms with Crippen LogP contribution in [0.15, 0.2) is 0 Å². The largest absolute Gasteiger partial charge is 0.355 e. The average Bonchev–Trinajstić information content (AvgIpc) is 2.49. The van der Waals surface area contributed by atoms with E-state index >= 15 is 0 Å². The summed E-state index contributed by atoms with van der Waals surface area (Å²) >= 11 is 0. The molecule has 1 heterocycles. The molecule has 0 unspecified atom stereocenters. The lowest BCUT2D eigenvalue weighted by atomic mass is 10.1. The zero-order valence-electron chi connectivity index (χ0n) is 12.3. The van der Waals surface area contributed by atoms with Crippen LogP contribution in [0.25, 0.3) is 0 Å². The molecule has 0 aromatic heterocycles. The van der Waals surface area contributed by atoms with E-state index in [1.807, 2.05) is 0 Å². The van der Waals surface area contributed by atoms with E-state index < -0.39 is 0 Å². The van der Waals surface area contributed by atoms with E-state index in [2.05, 4.69) is 15.5 Å². The van der Waals surface area contributed by atoms with E-state index in [9.17, 15) is 9.59 Å². The van der Waals surface area contributed by atoms with Crippen molar-refractivity contribution >= 4 is 11.8 Å². The molecule has 0 aromatic rings. The number of nitrogens with one attached hydrogen (secondary N) is 2. The van der Waals surface area contributed by atoms with Crippen LogP contribution in [0, 0.1) is 0 Å². The number of carbonyl (C=O) groups excluding carboxylic acids is 2. The Morgan fingerprint density at radius 3 is 2.40 bits per heavy atom. The molecule has 20 heavy (non-hydrogen) atoms. The van der Waals surface area contributed by atoms with Gasteiger partial charge in [0.05, 0.1) is 13.1 Å². The van der Waals surface area contributed by atoms with Gasteiger partial charge in [-0.05, 0) is 45.3 Å². The minimum atomic E-state index is -0.304. The van der Waals surface area contributed by atoms with Crippen molar-refractivity contribution in [2.75, 3.05) is 39.3 Å². The fraction of sp³-hybridized carbons (Fsp3) is 0.857. The molecule has 1 saturated heterocycles. The van der Waals surface area contributed by atoms with Crippen LogP contribution in [0.5, 0.6) is 0 Å². The first-order valence-corrected chi connectivity index (χ1v) is 7.68. The van der Waals surface area contributed by atoms with Crippen molar-refractivity contribution in [1.82, 2.24) is 15.5 Å². The Hall–Kier alpha value is -1.14. The smallest absolute Gasteiger partial charge is 0.239 e. The molecule has 6 heteroatoms. The summed E-state index contributed by atoms with van der Waals surface area (Å²) in [7, 11) is 0. The van der Waals surface area contributed by atoms with Crippen LogP contribution >= 0.6 is 0 Å². The van der Waals surface area contributed by atoms with Crippen LogP contribution in [0.4, 0.5) is 0 Å². The van der Waals surface area contributed by atoms with Gasteiger partial charge in [-0.1, -0.05) is 12.8 Å². The maximum Gasteiger partial charge on any atom is 0.239 e. The Labute approximate surface area is 121 Å². The zero-order chi connectivity index (χ0) is 14.6. The number of carbonyl (C=O) groups is 2. The number of amides is 2. The van der Waals surface area contributed by atoms with Gasteiger partial charge in [0.15, 0.2) is 0 Å². The van der Waals surface area contributed by atoms with Gasteiger partial charge in [-0.2, -0.15) is 0 Å². The number of likely N-dealkylation sites (tertiary alicyclic amines) is 1. The molecule has 0 radical (unpaired) electrons. The van der Waals surface area contributed by atoms with E-state index in [1.165, 1.54) is 45.3 Å². The number of rotatable bonds is 9. The summed E-state index contributed by atoms with van der Waals surface area (Å²) in [4.78, 5) is 24.8. The standard InChI is InChI=1S/C14H28N4O2/c15-11-13(19)17-12-14(20)16-7-3-1-4-8-18-9-5-2-6-10-18/h1-12,15H2,(H,16,20)(H,17,19).